The van der Waals surface area contributed by atoms with E-state index >= 15 is 0 Å². The SMILES string of the molecule is CCc1cccc(CC)c1NC(=O)CSc1ccc(OC)c(OC)c1. The van der Waals surface area contributed by atoms with Crippen molar-refractivity contribution in [2.45, 2.75) is 31.6 Å². The van der Waals surface area contributed by atoms with Crippen molar-refractivity contribution in [3.05, 3.63) is 47.5 Å². The molecule has 0 fully saturated rings. The first-order valence-electron chi connectivity index (χ1n) is 8.38. The zero-order chi connectivity index (χ0) is 18.2. The van der Waals surface area contributed by atoms with E-state index in [1.165, 1.54) is 22.9 Å². The van der Waals surface area contributed by atoms with E-state index in [1.54, 1.807) is 14.2 Å². The highest BCUT2D eigenvalue weighted by atomic mass is 32.2. The van der Waals surface area contributed by atoms with Gasteiger partial charge in [0.2, 0.25) is 5.91 Å². The molecule has 0 aliphatic rings. The number of ether oxygens (including phenoxy) is 2. The molecular formula is C20H25NO3S. The second-order valence-corrected chi connectivity index (χ2v) is 6.56. The fraction of sp³-hybridized carbons (Fsp3) is 0.350. The summed E-state index contributed by atoms with van der Waals surface area (Å²) in [5, 5.41) is 3.09. The second-order valence-electron chi connectivity index (χ2n) is 5.51. The lowest BCUT2D eigenvalue weighted by atomic mass is 10.0. The molecule has 0 unspecified atom stereocenters. The number of para-hydroxylation sites is 1. The van der Waals surface area contributed by atoms with Gasteiger partial charge in [-0.1, -0.05) is 32.0 Å². The number of benzene rings is 2. The van der Waals surface area contributed by atoms with Crippen LogP contribution in [0.25, 0.3) is 0 Å². The minimum Gasteiger partial charge on any atom is -0.493 e. The van der Waals surface area contributed by atoms with E-state index in [0.717, 1.165) is 23.4 Å². The van der Waals surface area contributed by atoms with E-state index in [0.29, 0.717) is 17.3 Å². The van der Waals surface area contributed by atoms with Crippen molar-refractivity contribution in [2.24, 2.45) is 0 Å². The summed E-state index contributed by atoms with van der Waals surface area (Å²) in [7, 11) is 3.21. The maximum absolute atomic E-state index is 12.4. The number of anilines is 1. The zero-order valence-electron chi connectivity index (χ0n) is 15.2. The van der Waals surface area contributed by atoms with Gasteiger partial charge in [-0.15, -0.1) is 11.8 Å². The molecule has 5 heteroatoms. The number of amides is 1. The molecule has 25 heavy (non-hydrogen) atoms. The molecule has 0 atom stereocenters. The lowest BCUT2D eigenvalue weighted by Gasteiger charge is -2.14. The molecule has 0 heterocycles. The van der Waals surface area contributed by atoms with Crippen LogP contribution in [0.3, 0.4) is 0 Å². The predicted octanol–water partition coefficient (Wildman–Crippen LogP) is 4.56. The number of thioether (sulfide) groups is 1. The molecule has 2 aromatic rings. The normalized spacial score (nSPS) is 10.4. The Bertz CT molecular complexity index is 709. The van der Waals surface area contributed by atoms with Crippen LogP contribution in [0.2, 0.25) is 0 Å². The van der Waals surface area contributed by atoms with E-state index in [4.69, 9.17) is 9.47 Å². The van der Waals surface area contributed by atoms with Gasteiger partial charge >= 0.3 is 0 Å². The highest BCUT2D eigenvalue weighted by Gasteiger charge is 2.11. The minimum atomic E-state index is -0.00427. The van der Waals surface area contributed by atoms with Crippen molar-refractivity contribution in [3.63, 3.8) is 0 Å². The van der Waals surface area contributed by atoms with Gasteiger partial charge in [0.25, 0.3) is 0 Å². The van der Waals surface area contributed by atoms with Gasteiger partial charge in [0.1, 0.15) is 0 Å². The fourth-order valence-corrected chi connectivity index (χ4v) is 3.36. The van der Waals surface area contributed by atoms with Gasteiger partial charge in [0.05, 0.1) is 20.0 Å². The maximum Gasteiger partial charge on any atom is 0.234 e. The van der Waals surface area contributed by atoms with Gasteiger partial charge < -0.3 is 14.8 Å². The Morgan fingerprint density at radius 2 is 1.64 bits per heavy atom. The summed E-state index contributed by atoms with van der Waals surface area (Å²) in [4.78, 5) is 13.4. The summed E-state index contributed by atoms with van der Waals surface area (Å²) in [5.74, 6) is 1.69. The first-order chi connectivity index (χ1) is 12.1. The first kappa shape index (κ1) is 19.2. The standard InChI is InChI=1S/C20H25NO3S/c1-5-14-8-7-9-15(6-2)20(14)21-19(22)13-25-16-10-11-17(23-3)18(12-16)24-4/h7-12H,5-6,13H2,1-4H3,(H,21,22). The molecule has 2 aromatic carbocycles. The second kappa shape index (κ2) is 9.37. The number of nitrogens with one attached hydrogen (secondary N) is 1. The van der Waals surface area contributed by atoms with Gasteiger partial charge in [-0.25, -0.2) is 0 Å². The predicted molar refractivity (Wildman–Crippen MR) is 104 cm³/mol. The lowest BCUT2D eigenvalue weighted by molar-refractivity contribution is -0.113. The highest BCUT2D eigenvalue weighted by Crippen LogP contribution is 2.32. The summed E-state index contributed by atoms with van der Waals surface area (Å²) in [6, 6.07) is 11.8. The van der Waals surface area contributed by atoms with Crippen LogP contribution in [0, 0.1) is 0 Å². The number of rotatable bonds is 8. The fourth-order valence-electron chi connectivity index (χ4n) is 2.63. The smallest absolute Gasteiger partial charge is 0.234 e. The summed E-state index contributed by atoms with van der Waals surface area (Å²) in [6.07, 6.45) is 1.79. The van der Waals surface area contributed by atoms with Gasteiger partial charge in [-0.3, -0.25) is 4.79 Å². The summed E-state index contributed by atoms with van der Waals surface area (Å²) < 4.78 is 10.5. The average molecular weight is 359 g/mol. The van der Waals surface area contributed by atoms with Gasteiger partial charge in [-0.2, -0.15) is 0 Å². The van der Waals surface area contributed by atoms with Crippen LogP contribution in [0.5, 0.6) is 11.5 Å². The van der Waals surface area contributed by atoms with E-state index in [9.17, 15) is 4.79 Å². The molecule has 1 amide bonds. The molecule has 1 N–H and O–H groups in total. The number of methoxy groups -OCH3 is 2. The molecule has 0 bridgehead atoms. The van der Waals surface area contributed by atoms with Gasteiger partial charge in [-0.05, 0) is 42.2 Å². The Morgan fingerprint density at radius 1 is 1.00 bits per heavy atom. The molecule has 0 saturated heterocycles. The average Bonchev–Trinajstić information content (AvgIpc) is 2.66. The Kier molecular flexibility index (Phi) is 7.19. The third-order valence-electron chi connectivity index (χ3n) is 3.99. The highest BCUT2D eigenvalue weighted by molar-refractivity contribution is 8.00. The first-order valence-corrected chi connectivity index (χ1v) is 9.36. The molecule has 4 nitrogen and oxygen atoms in total. The number of carbonyl (C=O) groups is 1. The molecule has 0 saturated carbocycles. The van der Waals surface area contributed by atoms with Crippen molar-refractivity contribution < 1.29 is 14.3 Å². The topological polar surface area (TPSA) is 47.6 Å². The lowest BCUT2D eigenvalue weighted by Crippen LogP contribution is -2.16. The van der Waals surface area contributed by atoms with Crippen LogP contribution in [-0.4, -0.2) is 25.9 Å². The van der Waals surface area contributed by atoms with Crippen LogP contribution >= 0.6 is 11.8 Å². The summed E-state index contributed by atoms with van der Waals surface area (Å²) >= 11 is 1.48. The van der Waals surface area contributed by atoms with Crippen LogP contribution in [0.1, 0.15) is 25.0 Å². The Hall–Kier alpha value is -2.14. The zero-order valence-corrected chi connectivity index (χ0v) is 16.0. The summed E-state index contributed by atoms with van der Waals surface area (Å²) in [6.45, 7) is 4.20. The third kappa shape index (κ3) is 4.92. The number of carbonyl (C=O) groups excluding carboxylic acids is 1. The molecule has 0 aliphatic carbocycles. The van der Waals surface area contributed by atoms with Crippen molar-refractivity contribution in [2.75, 3.05) is 25.3 Å². The molecule has 0 spiro atoms. The van der Waals surface area contributed by atoms with E-state index in [-0.39, 0.29) is 5.91 Å². The van der Waals surface area contributed by atoms with Crippen LogP contribution in [0.15, 0.2) is 41.3 Å². The Balaban J connectivity index is 2.04. The molecule has 2 rings (SSSR count). The van der Waals surface area contributed by atoms with Gasteiger partial charge in [0.15, 0.2) is 11.5 Å². The number of hydrogen-bond donors (Lipinski definition) is 1. The quantitative estimate of drug-likeness (QED) is 0.702. The maximum atomic E-state index is 12.4. The molecule has 0 aliphatic heterocycles. The largest absolute Gasteiger partial charge is 0.493 e. The van der Waals surface area contributed by atoms with Crippen molar-refractivity contribution in [3.8, 4) is 11.5 Å². The molecule has 0 aromatic heterocycles. The van der Waals surface area contributed by atoms with E-state index in [1.807, 2.05) is 24.3 Å². The third-order valence-corrected chi connectivity index (χ3v) is 4.98. The Labute approximate surface area is 153 Å². The van der Waals surface area contributed by atoms with Crippen molar-refractivity contribution in [1.82, 2.24) is 0 Å². The van der Waals surface area contributed by atoms with Crippen molar-refractivity contribution in [1.29, 1.82) is 0 Å². The Morgan fingerprint density at radius 3 is 2.20 bits per heavy atom. The molecule has 134 valence electrons. The monoisotopic (exact) mass is 359 g/mol. The minimum absolute atomic E-state index is 0.00427. The summed E-state index contributed by atoms with van der Waals surface area (Å²) in [5.41, 5.74) is 3.30. The van der Waals surface area contributed by atoms with Crippen LogP contribution in [-0.2, 0) is 17.6 Å². The number of aryl methyl sites for hydroxylation is 2. The number of hydrogen-bond acceptors (Lipinski definition) is 4. The van der Waals surface area contributed by atoms with E-state index in [2.05, 4.69) is 31.3 Å². The van der Waals surface area contributed by atoms with Crippen molar-refractivity contribution >= 4 is 23.4 Å². The van der Waals surface area contributed by atoms with E-state index < -0.39 is 0 Å². The van der Waals surface area contributed by atoms with Crippen LogP contribution < -0.4 is 14.8 Å². The van der Waals surface area contributed by atoms with Crippen LogP contribution in [0.4, 0.5) is 5.69 Å². The molecular weight excluding hydrogens is 334 g/mol. The molecule has 0 radical (unpaired) electrons. The van der Waals surface area contributed by atoms with Gasteiger partial charge in [0, 0.05) is 10.6 Å².